The molecule has 0 aromatic carbocycles. The van der Waals surface area contributed by atoms with E-state index in [0.717, 1.165) is 0 Å². The molecule has 0 saturated carbocycles. The standard InChI is InChI=1S/La.2OSi.O/c;2*1-2;/q+3;2*+2;-2. The van der Waals surface area contributed by atoms with Gasteiger partial charge in [-0.25, -0.2) is 0 Å². The van der Waals surface area contributed by atoms with Crippen LogP contribution >= 0.6 is 0 Å². The maximum Gasteiger partial charge on any atom is 3.00 e. The van der Waals surface area contributed by atoms with Crippen LogP contribution in [-0.2, 0) is 14.4 Å². The van der Waals surface area contributed by atoms with E-state index in [4.69, 9.17) is 8.92 Å². The molecule has 6 heteroatoms. The SMILES string of the molecule is O=[Si+2].O=[Si+2].[La+3].[O-2]. The first-order chi connectivity index (χ1) is 2.00. The van der Waals surface area contributed by atoms with Gasteiger partial charge < -0.3 is 5.48 Å². The van der Waals surface area contributed by atoms with Crippen molar-refractivity contribution in [2.45, 2.75) is 0 Å². The minimum atomic E-state index is 0. The van der Waals surface area contributed by atoms with Gasteiger partial charge in [0.1, 0.15) is 0 Å². The first-order valence-corrected chi connectivity index (χ1v) is 1.22. The molecule has 3 nitrogen and oxygen atoms in total. The minimum absolute atomic E-state index is 0. The van der Waals surface area contributed by atoms with Crippen molar-refractivity contribution in [3.05, 3.63) is 0 Å². The Morgan fingerprint density at radius 1 is 0.833 bits per heavy atom. The van der Waals surface area contributed by atoms with Gasteiger partial charge in [0.05, 0.1) is 0 Å². The van der Waals surface area contributed by atoms with E-state index in [1.807, 2.05) is 0 Å². The van der Waals surface area contributed by atoms with Gasteiger partial charge in [-0.05, 0) is 0 Å². The molecule has 0 aliphatic heterocycles. The molecular weight excluding hydrogens is 243 g/mol. The van der Waals surface area contributed by atoms with Gasteiger partial charge >= 0.3 is 64.8 Å². The summed E-state index contributed by atoms with van der Waals surface area (Å²) in [5.41, 5.74) is 0. The second-order valence-corrected chi connectivity index (χ2v) is 0. The number of hydrogen-bond donors (Lipinski definition) is 0. The molecule has 0 heterocycles. The zero-order chi connectivity index (χ0) is 4.00. The molecule has 0 aliphatic carbocycles. The Morgan fingerprint density at radius 2 is 0.833 bits per heavy atom. The van der Waals surface area contributed by atoms with Crippen LogP contribution in [0.4, 0.5) is 0 Å². The van der Waals surface area contributed by atoms with Crippen LogP contribution in [0.25, 0.3) is 0 Å². The topological polar surface area (TPSA) is 62.6 Å². The Hall–Kier alpha value is 1.19. The molecule has 0 rings (SSSR count). The molecule has 0 N–H and O–H groups in total. The Balaban J connectivity index is -0.00000000500. The van der Waals surface area contributed by atoms with Crippen molar-refractivity contribution >= 4 is 20.3 Å². The largest absolute Gasteiger partial charge is 3.00 e. The van der Waals surface area contributed by atoms with Gasteiger partial charge in [-0.3, -0.25) is 0 Å². The van der Waals surface area contributed by atoms with Gasteiger partial charge in [0.15, 0.2) is 0 Å². The van der Waals surface area contributed by atoms with E-state index >= 15 is 0 Å². The Morgan fingerprint density at radius 3 is 0.833 bits per heavy atom. The molecule has 0 aromatic heterocycles. The van der Waals surface area contributed by atoms with E-state index in [2.05, 4.69) is 0 Å². The number of hydrogen-bond acceptors (Lipinski definition) is 2. The molecule has 0 bridgehead atoms. The van der Waals surface area contributed by atoms with Crippen molar-refractivity contribution in [2.75, 3.05) is 0 Å². The molecule has 0 atom stereocenters. The van der Waals surface area contributed by atoms with E-state index in [-0.39, 0.29) is 41.1 Å². The van der Waals surface area contributed by atoms with Gasteiger partial charge in [-0.15, -0.1) is 0 Å². The molecule has 0 spiro atoms. The van der Waals surface area contributed by atoms with Crippen molar-refractivity contribution in [3.63, 3.8) is 0 Å². The summed E-state index contributed by atoms with van der Waals surface area (Å²) in [7, 11) is 3.44. The van der Waals surface area contributed by atoms with Gasteiger partial charge in [-0.2, -0.15) is 0 Å². The molecule has 0 aliphatic rings. The Labute approximate surface area is 69.8 Å². The van der Waals surface area contributed by atoms with Crippen molar-refractivity contribution in [2.24, 2.45) is 0 Å². The minimum Gasteiger partial charge on any atom is -2.00 e. The van der Waals surface area contributed by atoms with Crippen LogP contribution in [0, 0.1) is 35.6 Å². The van der Waals surface area contributed by atoms with Crippen LogP contribution in [0.3, 0.4) is 0 Å². The van der Waals surface area contributed by atoms with E-state index < -0.39 is 0 Å². The van der Waals surface area contributed by atoms with Crippen LogP contribution < -0.4 is 0 Å². The number of rotatable bonds is 0. The second-order valence-electron chi connectivity index (χ2n) is 0. The van der Waals surface area contributed by atoms with Crippen molar-refractivity contribution < 1.29 is 50.0 Å². The van der Waals surface area contributed by atoms with Crippen molar-refractivity contribution in [1.29, 1.82) is 0 Å². The smallest absolute Gasteiger partial charge is 2.00 e. The third kappa shape index (κ3) is 64.4. The molecule has 24 valence electrons. The fourth-order valence-corrected chi connectivity index (χ4v) is 0. The van der Waals surface area contributed by atoms with Crippen LogP contribution in [0.1, 0.15) is 0 Å². The summed E-state index contributed by atoms with van der Waals surface area (Å²) < 4.78 is 16.1. The molecule has 0 saturated heterocycles. The quantitative estimate of drug-likeness (QED) is 0.506. The summed E-state index contributed by atoms with van der Waals surface area (Å²) in [5, 5.41) is 0. The van der Waals surface area contributed by atoms with Crippen molar-refractivity contribution in [3.8, 4) is 0 Å². The van der Waals surface area contributed by atoms with Crippen LogP contribution in [0.2, 0.25) is 0 Å². The molecule has 6 heavy (non-hydrogen) atoms. The van der Waals surface area contributed by atoms with Crippen molar-refractivity contribution in [1.82, 2.24) is 0 Å². The third-order valence-corrected chi connectivity index (χ3v) is 0. The van der Waals surface area contributed by atoms with Gasteiger partial charge in [0, 0.05) is 0 Å². The van der Waals surface area contributed by atoms with Crippen LogP contribution in [0.15, 0.2) is 0 Å². The van der Waals surface area contributed by atoms with E-state index in [9.17, 15) is 0 Å². The molecule has 0 radical (unpaired) electrons. The maximum atomic E-state index is 8.06. The molecule has 0 fully saturated rings. The third-order valence-electron chi connectivity index (χ3n) is 0. The first kappa shape index (κ1) is 27.1. The fourth-order valence-electron chi connectivity index (χ4n) is 0. The summed E-state index contributed by atoms with van der Waals surface area (Å²) in [4.78, 5) is 0. The van der Waals surface area contributed by atoms with Crippen LogP contribution in [0.5, 0.6) is 0 Å². The summed E-state index contributed by atoms with van der Waals surface area (Å²) >= 11 is 0. The van der Waals surface area contributed by atoms with E-state index in [1.165, 1.54) is 0 Å². The molecule has 0 aromatic rings. The molecule has 0 amide bonds. The van der Waals surface area contributed by atoms with Gasteiger partial charge in [-0.1, -0.05) is 0 Å². The van der Waals surface area contributed by atoms with Gasteiger partial charge in [0.2, 0.25) is 0 Å². The molecule has 0 unspecified atom stereocenters. The fraction of sp³-hybridized carbons (Fsp3) is 0. The van der Waals surface area contributed by atoms with E-state index in [0.29, 0.717) is 0 Å². The average Bonchev–Trinajstić information content (AvgIpc) is 1.50. The summed E-state index contributed by atoms with van der Waals surface area (Å²) in [6.07, 6.45) is 0. The zero-order valence-electron chi connectivity index (χ0n) is 2.80. The monoisotopic (exact) mass is 243 g/mol. The van der Waals surface area contributed by atoms with Gasteiger partial charge in [0.25, 0.3) is 0 Å². The second kappa shape index (κ2) is 118. The van der Waals surface area contributed by atoms with E-state index in [1.54, 1.807) is 20.3 Å². The zero-order valence-corrected chi connectivity index (χ0v) is 8.43. The predicted molar refractivity (Wildman–Crippen MR) is 13.6 cm³/mol. The Bertz CT molecular complexity index is 10.8. The maximum absolute atomic E-state index is 8.06. The summed E-state index contributed by atoms with van der Waals surface area (Å²) in [6.45, 7) is 0. The normalized spacial score (nSPS) is 2.00. The summed E-state index contributed by atoms with van der Waals surface area (Å²) in [5.74, 6) is 0. The first-order valence-electron chi connectivity index (χ1n) is 0.408. The Kier molecular flexibility index (Phi) is 532. The summed E-state index contributed by atoms with van der Waals surface area (Å²) in [6, 6.07) is 0. The molecular formula is LaO3Si2+5. The predicted octanol–water partition coefficient (Wildman–Crippen LogP) is -1.12. The van der Waals surface area contributed by atoms with Crippen LogP contribution in [-0.4, -0.2) is 20.3 Å². The average molecular weight is 243 g/mol.